The van der Waals surface area contributed by atoms with E-state index in [2.05, 4.69) is 15.9 Å². The molecule has 1 aromatic rings. The minimum absolute atomic E-state index is 0.0980. The molecular weight excluding hydrogens is 288 g/mol. The lowest BCUT2D eigenvalue weighted by Gasteiger charge is -2.04. The Morgan fingerprint density at radius 2 is 2.06 bits per heavy atom. The molecule has 0 saturated heterocycles. The van der Waals surface area contributed by atoms with E-state index >= 15 is 0 Å². The average molecular weight is 301 g/mol. The van der Waals surface area contributed by atoms with Gasteiger partial charge in [0.15, 0.2) is 0 Å². The molecule has 1 rings (SSSR count). The van der Waals surface area contributed by atoms with Gasteiger partial charge in [-0.25, -0.2) is 4.79 Å². The maximum Gasteiger partial charge on any atom is 0.371 e. The predicted octanol–water partition coefficient (Wildman–Crippen LogP) is 2.53. The van der Waals surface area contributed by atoms with Gasteiger partial charge in [0.2, 0.25) is 5.76 Å². The monoisotopic (exact) mass is 300 g/mol. The van der Waals surface area contributed by atoms with Crippen LogP contribution in [0.25, 0.3) is 6.08 Å². The molecule has 0 saturated carbocycles. The van der Waals surface area contributed by atoms with Crippen LogP contribution >= 0.6 is 15.9 Å². The van der Waals surface area contributed by atoms with E-state index in [4.69, 9.17) is 14.6 Å². The predicted molar refractivity (Wildman–Crippen MR) is 68.4 cm³/mol. The maximum absolute atomic E-state index is 10.7. The molecule has 0 spiro atoms. The first kappa shape index (κ1) is 13.6. The summed E-state index contributed by atoms with van der Waals surface area (Å²) in [5, 5.41) is 9.55. The Bertz CT molecular complexity index is 397. The van der Waals surface area contributed by atoms with Gasteiger partial charge in [0.05, 0.1) is 13.7 Å². The Morgan fingerprint density at radius 3 is 2.53 bits per heavy atom. The van der Waals surface area contributed by atoms with E-state index in [0.29, 0.717) is 6.61 Å². The molecular formula is C12H13BrO4. The summed E-state index contributed by atoms with van der Waals surface area (Å²) >= 11 is 3.26. The number of hydrogen-bond acceptors (Lipinski definition) is 3. The van der Waals surface area contributed by atoms with Crippen LogP contribution in [0.5, 0.6) is 5.75 Å². The number of halogens is 1. The summed E-state index contributed by atoms with van der Waals surface area (Å²) in [6.07, 6.45) is 1.45. The van der Waals surface area contributed by atoms with Crippen LogP contribution in [0.4, 0.5) is 0 Å². The second kappa shape index (κ2) is 6.96. The van der Waals surface area contributed by atoms with Gasteiger partial charge in [-0.05, 0) is 23.8 Å². The van der Waals surface area contributed by atoms with Crippen molar-refractivity contribution in [3.8, 4) is 5.75 Å². The first-order valence-corrected chi connectivity index (χ1v) is 6.07. The van der Waals surface area contributed by atoms with E-state index in [1.54, 1.807) is 24.3 Å². The number of alkyl halides is 1. The standard InChI is InChI=1S/C12H13BrO4/c1-16-11(12(14)15)8-9-2-4-10(5-3-9)17-7-6-13/h2-5,8H,6-7H2,1H3,(H,14,15). The molecule has 0 amide bonds. The molecule has 0 unspecified atom stereocenters. The van der Waals surface area contributed by atoms with Crippen LogP contribution in [0.1, 0.15) is 5.56 Å². The van der Waals surface area contributed by atoms with Gasteiger partial charge in [-0.15, -0.1) is 0 Å². The topological polar surface area (TPSA) is 55.8 Å². The lowest BCUT2D eigenvalue weighted by Crippen LogP contribution is -2.02. The molecule has 0 radical (unpaired) electrons. The van der Waals surface area contributed by atoms with Crippen molar-refractivity contribution in [3.63, 3.8) is 0 Å². The van der Waals surface area contributed by atoms with Gasteiger partial charge >= 0.3 is 5.97 Å². The SMILES string of the molecule is COC(=Cc1ccc(OCCBr)cc1)C(=O)O. The first-order valence-electron chi connectivity index (χ1n) is 4.95. The molecule has 0 aliphatic heterocycles. The summed E-state index contributed by atoms with van der Waals surface area (Å²) in [5.41, 5.74) is 0.746. The van der Waals surface area contributed by atoms with Crippen LogP contribution in [-0.4, -0.2) is 30.1 Å². The Labute approximate surface area is 108 Å². The number of hydrogen-bond donors (Lipinski definition) is 1. The van der Waals surface area contributed by atoms with Crippen LogP contribution in [-0.2, 0) is 9.53 Å². The quantitative estimate of drug-likeness (QED) is 0.498. The van der Waals surface area contributed by atoms with Crippen molar-refractivity contribution >= 4 is 28.0 Å². The fraction of sp³-hybridized carbons (Fsp3) is 0.250. The highest BCUT2D eigenvalue weighted by Gasteiger charge is 2.06. The maximum atomic E-state index is 10.7. The third-order valence-corrected chi connectivity index (χ3v) is 2.28. The molecule has 1 N–H and O–H groups in total. The minimum atomic E-state index is -1.09. The zero-order chi connectivity index (χ0) is 12.7. The van der Waals surface area contributed by atoms with Crippen molar-refractivity contribution in [2.45, 2.75) is 0 Å². The summed E-state index contributed by atoms with van der Waals surface area (Å²) in [4.78, 5) is 10.7. The van der Waals surface area contributed by atoms with E-state index in [9.17, 15) is 4.79 Å². The lowest BCUT2D eigenvalue weighted by molar-refractivity contribution is -0.135. The van der Waals surface area contributed by atoms with E-state index in [-0.39, 0.29) is 5.76 Å². The molecule has 1 aromatic carbocycles. The highest BCUT2D eigenvalue weighted by Crippen LogP contribution is 2.15. The number of benzene rings is 1. The Balaban J connectivity index is 2.76. The molecule has 17 heavy (non-hydrogen) atoms. The summed E-state index contributed by atoms with van der Waals surface area (Å²) in [6, 6.07) is 7.10. The number of ether oxygens (including phenoxy) is 2. The number of carboxylic acids is 1. The van der Waals surface area contributed by atoms with Crippen LogP contribution < -0.4 is 4.74 Å². The molecule has 0 fully saturated rings. The third-order valence-electron chi connectivity index (χ3n) is 1.95. The zero-order valence-corrected chi connectivity index (χ0v) is 10.9. The number of methoxy groups -OCH3 is 1. The van der Waals surface area contributed by atoms with Crippen molar-refractivity contribution in [3.05, 3.63) is 35.6 Å². The van der Waals surface area contributed by atoms with E-state index in [0.717, 1.165) is 16.6 Å². The van der Waals surface area contributed by atoms with Crippen molar-refractivity contribution in [2.75, 3.05) is 19.0 Å². The van der Waals surface area contributed by atoms with Gasteiger partial charge in [0.1, 0.15) is 5.75 Å². The van der Waals surface area contributed by atoms with Crippen molar-refractivity contribution in [2.24, 2.45) is 0 Å². The Morgan fingerprint density at radius 1 is 1.41 bits per heavy atom. The zero-order valence-electron chi connectivity index (χ0n) is 9.35. The molecule has 0 aliphatic rings. The van der Waals surface area contributed by atoms with Crippen LogP contribution in [0.2, 0.25) is 0 Å². The van der Waals surface area contributed by atoms with Crippen molar-refractivity contribution in [1.82, 2.24) is 0 Å². The molecule has 92 valence electrons. The van der Waals surface area contributed by atoms with Crippen LogP contribution in [0.15, 0.2) is 30.0 Å². The molecule has 4 nitrogen and oxygen atoms in total. The normalized spacial score (nSPS) is 11.1. The smallest absolute Gasteiger partial charge is 0.371 e. The van der Waals surface area contributed by atoms with Gasteiger partial charge in [-0.2, -0.15) is 0 Å². The highest BCUT2D eigenvalue weighted by atomic mass is 79.9. The molecule has 0 bridgehead atoms. The second-order valence-corrected chi connectivity index (χ2v) is 3.92. The van der Waals surface area contributed by atoms with E-state index in [1.165, 1.54) is 13.2 Å². The molecule has 0 aliphatic carbocycles. The van der Waals surface area contributed by atoms with Crippen molar-refractivity contribution in [1.29, 1.82) is 0 Å². The summed E-state index contributed by atoms with van der Waals surface area (Å²) in [6.45, 7) is 0.591. The average Bonchev–Trinajstić information content (AvgIpc) is 2.34. The van der Waals surface area contributed by atoms with E-state index in [1.807, 2.05) is 0 Å². The molecule has 0 atom stereocenters. The summed E-state index contributed by atoms with van der Waals surface area (Å²) < 4.78 is 10.1. The molecule has 5 heteroatoms. The third kappa shape index (κ3) is 4.48. The molecule has 0 aromatic heterocycles. The van der Waals surface area contributed by atoms with Gasteiger partial charge in [0.25, 0.3) is 0 Å². The number of carbonyl (C=O) groups is 1. The number of carboxylic acid groups (broad SMARTS) is 1. The Kier molecular flexibility index (Phi) is 5.56. The molecule has 0 heterocycles. The van der Waals surface area contributed by atoms with Crippen molar-refractivity contribution < 1.29 is 19.4 Å². The van der Waals surface area contributed by atoms with Crippen LogP contribution in [0, 0.1) is 0 Å². The fourth-order valence-electron chi connectivity index (χ4n) is 1.18. The summed E-state index contributed by atoms with van der Waals surface area (Å²) in [5.74, 6) is -0.442. The second-order valence-electron chi connectivity index (χ2n) is 3.12. The first-order chi connectivity index (χ1) is 8.17. The Hall–Kier alpha value is -1.49. The van der Waals surface area contributed by atoms with Gasteiger partial charge in [-0.1, -0.05) is 28.1 Å². The van der Waals surface area contributed by atoms with Gasteiger partial charge < -0.3 is 14.6 Å². The van der Waals surface area contributed by atoms with Crippen LogP contribution in [0.3, 0.4) is 0 Å². The highest BCUT2D eigenvalue weighted by molar-refractivity contribution is 9.09. The lowest BCUT2D eigenvalue weighted by atomic mass is 10.2. The van der Waals surface area contributed by atoms with E-state index < -0.39 is 5.97 Å². The summed E-state index contributed by atoms with van der Waals surface area (Å²) in [7, 11) is 1.33. The number of rotatable bonds is 6. The van der Waals surface area contributed by atoms with Gasteiger partial charge in [-0.3, -0.25) is 0 Å². The largest absolute Gasteiger partial charge is 0.493 e. The fourth-order valence-corrected chi connectivity index (χ4v) is 1.34. The van der Waals surface area contributed by atoms with Gasteiger partial charge in [0, 0.05) is 5.33 Å². The number of aliphatic carboxylic acids is 1. The minimum Gasteiger partial charge on any atom is -0.493 e.